The molecule has 3 aliphatic carbocycles. The standard InChI is InChI=1S/C31H48O2/c1-3-4-5-6-7-9-24-14-16-25(17-15-24)26-18-21-29-27(22-26)10-8-11-30(29)31(32)33-28-19-12-23(2)13-20-28/h12-13,19-20,24-27,29-30H,3-11,14-18,21-22H2,1-2H3. The maximum atomic E-state index is 13.0. The molecular weight excluding hydrogens is 404 g/mol. The highest BCUT2D eigenvalue weighted by molar-refractivity contribution is 5.75. The van der Waals surface area contributed by atoms with Crippen LogP contribution in [0.25, 0.3) is 0 Å². The molecule has 2 nitrogen and oxygen atoms in total. The molecule has 184 valence electrons. The Morgan fingerprint density at radius 3 is 2.30 bits per heavy atom. The highest BCUT2D eigenvalue weighted by Gasteiger charge is 2.43. The van der Waals surface area contributed by atoms with Crippen LogP contribution in [0.5, 0.6) is 5.75 Å². The number of carbonyl (C=O) groups is 1. The molecule has 4 atom stereocenters. The van der Waals surface area contributed by atoms with Gasteiger partial charge in [-0.2, -0.15) is 0 Å². The van der Waals surface area contributed by atoms with Crippen LogP contribution in [0.3, 0.4) is 0 Å². The van der Waals surface area contributed by atoms with E-state index in [-0.39, 0.29) is 11.9 Å². The van der Waals surface area contributed by atoms with E-state index in [0.717, 1.165) is 30.1 Å². The smallest absolute Gasteiger partial charge is 0.314 e. The molecule has 2 heteroatoms. The van der Waals surface area contributed by atoms with Gasteiger partial charge in [0, 0.05) is 0 Å². The molecule has 0 saturated heterocycles. The minimum absolute atomic E-state index is 0.0337. The van der Waals surface area contributed by atoms with E-state index in [4.69, 9.17) is 4.74 Å². The summed E-state index contributed by atoms with van der Waals surface area (Å²) >= 11 is 0. The monoisotopic (exact) mass is 452 g/mol. The third-order valence-electron chi connectivity index (χ3n) is 9.50. The summed E-state index contributed by atoms with van der Waals surface area (Å²) in [6.07, 6.45) is 22.1. The fourth-order valence-corrected chi connectivity index (χ4v) is 7.50. The molecule has 1 aromatic rings. The zero-order chi connectivity index (χ0) is 23.0. The van der Waals surface area contributed by atoms with Crippen molar-refractivity contribution in [3.8, 4) is 5.75 Å². The molecule has 33 heavy (non-hydrogen) atoms. The lowest BCUT2D eigenvalue weighted by molar-refractivity contribution is -0.144. The average Bonchev–Trinajstić information content (AvgIpc) is 2.85. The zero-order valence-electron chi connectivity index (χ0n) is 21.4. The molecule has 0 aliphatic heterocycles. The second-order valence-corrected chi connectivity index (χ2v) is 11.8. The Morgan fingerprint density at radius 1 is 0.818 bits per heavy atom. The summed E-state index contributed by atoms with van der Waals surface area (Å²) < 4.78 is 5.83. The molecule has 0 spiro atoms. The maximum Gasteiger partial charge on any atom is 0.314 e. The third-order valence-corrected chi connectivity index (χ3v) is 9.50. The third kappa shape index (κ3) is 6.86. The van der Waals surface area contributed by atoms with Crippen LogP contribution < -0.4 is 4.74 Å². The van der Waals surface area contributed by atoms with E-state index in [0.29, 0.717) is 11.7 Å². The molecule has 3 aliphatic rings. The first-order valence-electron chi connectivity index (χ1n) is 14.4. The number of esters is 1. The summed E-state index contributed by atoms with van der Waals surface area (Å²) in [5.74, 6) is 5.07. The van der Waals surface area contributed by atoms with Crippen LogP contribution in [0.4, 0.5) is 0 Å². The summed E-state index contributed by atoms with van der Waals surface area (Å²) in [7, 11) is 0. The first kappa shape index (κ1) is 24.8. The van der Waals surface area contributed by atoms with Crippen LogP contribution in [0, 0.1) is 42.4 Å². The summed E-state index contributed by atoms with van der Waals surface area (Å²) in [4.78, 5) is 13.0. The Bertz CT molecular complexity index is 715. The van der Waals surface area contributed by atoms with Gasteiger partial charge in [0.05, 0.1) is 5.92 Å². The highest BCUT2D eigenvalue weighted by atomic mass is 16.5. The minimum Gasteiger partial charge on any atom is -0.426 e. The largest absolute Gasteiger partial charge is 0.426 e. The predicted molar refractivity (Wildman–Crippen MR) is 137 cm³/mol. The van der Waals surface area contributed by atoms with E-state index >= 15 is 0 Å². The Hall–Kier alpha value is -1.31. The molecule has 1 aromatic carbocycles. The van der Waals surface area contributed by atoms with E-state index in [1.54, 1.807) is 0 Å². The molecule has 0 N–H and O–H groups in total. The molecule has 4 rings (SSSR count). The Morgan fingerprint density at radius 2 is 1.55 bits per heavy atom. The van der Waals surface area contributed by atoms with E-state index < -0.39 is 0 Å². The first-order chi connectivity index (χ1) is 16.1. The lowest BCUT2D eigenvalue weighted by Crippen LogP contribution is -2.40. The number of hydrogen-bond donors (Lipinski definition) is 0. The van der Waals surface area contributed by atoms with Gasteiger partial charge >= 0.3 is 5.97 Å². The van der Waals surface area contributed by atoms with Crippen LogP contribution in [0.15, 0.2) is 24.3 Å². The summed E-state index contributed by atoms with van der Waals surface area (Å²) in [6, 6.07) is 7.93. The quantitative estimate of drug-likeness (QED) is 0.212. The minimum atomic E-state index is 0.0337. The van der Waals surface area contributed by atoms with Crippen molar-refractivity contribution in [2.45, 2.75) is 117 Å². The number of aryl methyl sites for hydroxylation is 1. The van der Waals surface area contributed by atoms with Gasteiger partial charge in [-0.1, -0.05) is 88.8 Å². The maximum absolute atomic E-state index is 13.0. The summed E-state index contributed by atoms with van der Waals surface area (Å²) in [5, 5.41) is 0. The van der Waals surface area contributed by atoms with Gasteiger partial charge in [-0.3, -0.25) is 4.79 Å². The van der Waals surface area contributed by atoms with Crippen molar-refractivity contribution in [2.24, 2.45) is 35.5 Å². The van der Waals surface area contributed by atoms with E-state index in [1.807, 2.05) is 24.3 Å². The van der Waals surface area contributed by atoms with Crippen molar-refractivity contribution < 1.29 is 9.53 Å². The number of ether oxygens (including phenoxy) is 1. The number of unbranched alkanes of at least 4 members (excludes halogenated alkanes) is 4. The van der Waals surface area contributed by atoms with Crippen LogP contribution in [-0.2, 0) is 4.79 Å². The molecule has 0 aromatic heterocycles. The number of hydrogen-bond acceptors (Lipinski definition) is 2. The van der Waals surface area contributed by atoms with Crippen molar-refractivity contribution in [3.05, 3.63) is 29.8 Å². The van der Waals surface area contributed by atoms with Crippen molar-refractivity contribution >= 4 is 5.97 Å². The average molecular weight is 453 g/mol. The SMILES string of the molecule is CCCCCCCC1CCC(C2CCC3C(CCCC3C(=O)Oc3ccc(C)cc3)C2)CC1. The van der Waals surface area contributed by atoms with Gasteiger partial charge in [-0.25, -0.2) is 0 Å². The molecule has 0 heterocycles. The lowest BCUT2D eigenvalue weighted by Gasteiger charge is -2.46. The van der Waals surface area contributed by atoms with Crippen molar-refractivity contribution in [1.29, 1.82) is 0 Å². The summed E-state index contributed by atoms with van der Waals surface area (Å²) in [6.45, 7) is 4.37. The van der Waals surface area contributed by atoms with Gasteiger partial charge in [0.1, 0.15) is 5.75 Å². The molecule has 0 amide bonds. The zero-order valence-corrected chi connectivity index (χ0v) is 21.4. The van der Waals surface area contributed by atoms with Gasteiger partial charge in [0.15, 0.2) is 0 Å². The van der Waals surface area contributed by atoms with Crippen LogP contribution >= 0.6 is 0 Å². The van der Waals surface area contributed by atoms with Crippen LogP contribution in [0.2, 0.25) is 0 Å². The number of benzene rings is 1. The lowest BCUT2D eigenvalue weighted by atomic mass is 9.59. The van der Waals surface area contributed by atoms with Gasteiger partial charge < -0.3 is 4.74 Å². The molecular formula is C31H48O2. The van der Waals surface area contributed by atoms with Crippen molar-refractivity contribution in [2.75, 3.05) is 0 Å². The molecule has 3 saturated carbocycles. The summed E-state index contributed by atoms with van der Waals surface area (Å²) in [5.41, 5.74) is 1.20. The fourth-order valence-electron chi connectivity index (χ4n) is 7.50. The second kappa shape index (κ2) is 12.4. The second-order valence-electron chi connectivity index (χ2n) is 11.8. The van der Waals surface area contributed by atoms with Gasteiger partial charge in [0.25, 0.3) is 0 Å². The number of carbonyl (C=O) groups excluding carboxylic acids is 1. The Balaban J connectivity index is 1.22. The molecule has 4 unspecified atom stereocenters. The number of fused-ring (bicyclic) bond motifs is 1. The highest BCUT2D eigenvalue weighted by Crippen LogP contribution is 2.50. The van der Waals surface area contributed by atoms with Crippen LogP contribution in [-0.4, -0.2) is 5.97 Å². The van der Waals surface area contributed by atoms with E-state index in [9.17, 15) is 4.79 Å². The van der Waals surface area contributed by atoms with Gasteiger partial charge in [-0.15, -0.1) is 0 Å². The number of rotatable bonds is 9. The topological polar surface area (TPSA) is 26.3 Å². The van der Waals surface area contributed by atoms with Gasteiger partial charge in [-0.05, 0) is 87.2 Å². The molecule has 0 bridgehead atoms. The first-order valence-corrected chi connectivity index (χ1v) is 14.4. The predicted octanol–water partition coefficient (Wildman–Crippen LogP) is 8.90. The van der Waals surface area contributed by atoms with Crippen molar-refractivity contribution in [1.82, 2.24) is 0 Å². The fraction of sp³-hybridized carbons (Fsp3) is 0.774. The molecule has 0 radical (unpaired) electrons. The Kier molecular flexibility index (Phi) is 9.33. The molecule has 3 fully saturated rings. The van der Waals surface area contributed by atoms with E-state index in [2.05, 4.69) is 13.8 Å². The van der Waals surface area contributed by atoms with E-state index in [1.165, 1.54) is 102 Å². The van der Waals surface area contributed by atoms with Crippen LogP contribution in [0.1, 0.15) is 115 Å². The van der Waals surface area contributed by atoms with Crippen molar-refractivity contribution in [3.63, 3.8) is 0 Å². The van der Waals surface area contributed by atoms with Gasteiger partial charge in [0.2, 0.25) is 0 Å². The Labute approximate surface area is 203 Å². The normalized spacial score (nSPS) is 32.2.